The number of carbonyl (C=O) groups is 2. The van der Waals surface area contributed by atoms with E-state index in [1.54, 1.807) is 18.1 Å². The van der Waals surface area contributed by atoms with Crippen molar-refractivity contribution in [3.8, 4) is 11.5 Å². The summed E-state index contributed by atoms with van der Waals surface area (Å²) in [5.41, 5.74) is 2.20. The first kappa shape index (κ1) is 33.0. The second-order valence-corrected chi connectivity index (χ2v) is 13.0. The van der Waals surface area contributed by atoms with Crippen LogP contribution in [0.25, 0.3) is 0 Å². The maximum absolute atomic E-state index is 14.2. The van der Waals surface area contributed by atoms with Crippen molar-refractivity contribution in [1.29, 1.82) is 0 Å². The Morgan fingerprint density at radius 2 is 1.93 bits per heavy atom. The molecule has 7 unspecified atom stereocenters. The first-order chi connectivity index (χ1) is 21.7. The Hall–Kier alpha value is -3.40. The van der Waals surface area contributed by atoms with Gasteiger partial charge >= 0.3 is 0 Å². The van der Waals surface area contributed by atoms with E-state index in [2.05, 4.69) is 26.1 Å². The molecule has 1 heterocycles. The molecule has 0 spiro atoms. The quantitative estimate of drug-likeness (QED) is 0.330. The van der Waals surface area contributed by atoms with Crippen LogP contribution < -0.4 is 14.8 Å². The first-order valence-corrected chi connectivity index (χ1v) is 16.3. The van der Waals surface area contributed by atoms with Gasteiger partial charge in [0, 0.05) is 24.2 Å². The van der Waals surface area contributed by atoms with Gasteiger partial charge in [-0.1, -0.05) is 57.5 Å². The molecule has 1 saturated carbocycles. The van der Waals surface area contributed by atoms with Crippen LogP contribution in [0.2, 0.25) is 0 Å². The smallest absolute Gasteiger partial charge is 0.249 e. The summed E-state index contributed by atoms with van der Waals surface area (Å²) in [6.07, 6.45) is 3.51. The van der Waals surface area contributed by atoms with Gasteiger partial charge in [0.25, 0.3) is 0 Å². The predicted molar refractivity (Wildman–Crippen MR) is 171 cm³/mol. The lowest BCUT2D eigenvalue weighted by Crippen LogP contribution is -2.57. The molecule has 0 aromatic heterocycles. The molecule has 0 bridgehead atoms. The van der Waals surface area contributed by atoms with Crippen molar-refractivity contribution in [2.45, 2.75) is 76.7 Å². The average molecular weight is 621 g/mol. The normalized spacial score (nSPS) is 27.2. The van der Waals surface area contributed by atoms with Crippen molar-refractivity contribution in [3.63, 3.8) is 0 Å². The molecular formula is C36H48N2O7. The minimum Gasteiger partial charge on any atom is -0.497 e. The second kappa shape index (κ2) is 14.8. The lowest BCUT2D eigenvalue weighted by molar-refractivity contribution is -0.147. The first-order valence-electron chi connectivity index (χ1n) is 16.3. The van der Waals surface area contributed by atoms with Gasteiger partial charge in [0.2, 0.25) is 11.8 Å². The van der Waals surface area contributed by atoms with E-state index in [9.17, 15) is 19.8 Å². The number of nitrogens with one attached hydrogen (secondary N) is 1. The number of para-hydroxylation sites is 1. The largest absolute Gasteiger partial charge is 0.497 e. The molecule has 45 heavy (non-hydrogen) atoms. The number of fused-ring (bicyclic) bond motifs is 3. The highest BCUT2D eigenvalue weighted by molar-refractivity contribution is 5.96. The molecule has 3 N–H and O–H groups in total. The van der Waals surface area contributed by atoms with E-state index in [1.165, 1.54) is 0 Å². The molecule has 0 saturated heterocycles. The number of aliphatic hydroxyl groups is 2. The van der Waals surface area contributed by atoms with Crippen LogP contribution in [-0.4, -0.2) is 84.7 Å². The standard InChI is InChI=1S/C36H48N2O7/c1-22(2)26-13-12-23(3)18-31(26)44-21-32(40)38(16-14-24-8-7-9-25(19-24)43-4)29-20-28(36(42)37-15-17-39)33-27-10-5-6-11-30(27)45-35(33)34(29)41/h5-11,19-20,22-23,26,29,31,33-35,39,41H,12-18,21H2,1-4H3,(H,37,42). The summed E-state index contributed by atoms with van der Waals surface area (Å²) in [7, 11) is 1.62. The number of hydrogen-bond acceptors (Lipinski definition) is 7. The highest BCUT2D eigenvalue weighted by Crippen LogP contribution is 2.47. The Bertz CT molecular complexity index is 1360. The molecule has 1 fully saturated rings. The molecule has 2 aliphatic carbocycles. The summed E-state index contributed by atoms with van der Waals surface area (Å²) < 4.78 is 18.1. The fourth-order valence-electron chi connectivity index (χ4n) is 7.28. The fourth-order valence-corrected chi connectivity index (χ4v) is 7.28. The number of rotatable bonds is 12. The minimum absolute atomic E-state index is 0.0124. The highest BCUT2D eigenvalue weighted by atomic mass is 16.5. The van der Waals surface area contributed by atoms with E-state index in [0.29, 0.717) is 35.5 Å². The Morgan fingerprint density at radius 3 is 2.69 bits per heavy atom. The number of carbonyl (C=O) groups excluding carboxylic acids is 2. The monoisotopic (exact) mass is 620 g/mol. The van der Waals surface area contributed by atoms with Gasteiger partial charge in [-0.05, 0) is 66.9 Å². The van der Waals surface area contributed by atoms with E-state index in [4.69, 9.17) is 14.2 Å². The van der Waals surface area contributed by atoms with E-state index in [1.807, 2.05) is 48.5 Å². The van der Waals surface area contributed by atoms with Crippen molar-refractivity contribution >= 4 is 11.8 Å². The summed E-state index contributed by atoms with van der Waals surface area (Å²) >= 11 is 0. The van der Waals surface area contributed by atoms with Gasteiger partial charge in [-0.2, -0.15) is 0 Å². The van der Waals surface area contributed by atoms with Gasteiger partial charge in [-0.15, -0.1) is 0 Å². The van der Waals surface area contributed by atoms with E-state index >= 15 is 0 Å². The minimum atomic E-state index is -1.09. The van der Waals surface area contributed by atoms with Crippen LogP contribution in [0.3, 0.4) is 0 Å². The predicted octanol–water partition coefficient (Wildman–Crippen LogP) is 3.87. The Labute approximate surface area is 266 Å². The van der Waals surface area contributed by atoms with Gasteiger partial charge in [0.15, 0.2) is 0 Å². The van der Waals surface area contributed by atoms with E-state index in [0.717, 1.165) is 36.1 Å². The van der Waals surface area contributed by atoms with E-state index in [-0.39, 0.29) is 44.2 Å². The molecule has 7 atom stereocenters. The lowest BCUT2D eigenvalue weighted by Gasteiger charge is -2.41. The molecule has 2 aromatic carbocycles. The van der Waals surface area contributed by atoms with Crippen molar-refractivity contribution in [2.75, 3.05) is 33.4 Å². The van der Waals surface area contributed by atoms with Crippen LogP contribution in [0.15, 0.2) is 60.2 Å². The lowest BCUT2D eigenvalue weighted by atomic mass is 9.75. The molecular weight excluding hydrogens is 572 g/mol. The molecule has 5 rings (SSSR count). The zero-order chi connectivity index (χ0) is 32.1. The maximum atomic E-state index is 14.2. The Kier molecular flexibility index (Phi) is 10.8. The molecule has 1 aliphatic heterocycles. The van der Waals surface area contributed by atoms with Crippen LogP contribution in [0, 0.1) is 17.8 Å². The summed E-state index contributed by atoms with van der Waals surface area (Å²) in [4.78, 5) is 29.3. The third-order valence-corrected chi connectivity index (χ3v) is 9.72. The van der Waals surface area contributed by atoms with Crippen LogP contribution in [-0.2, 0) is 20.7 Å². The molecule has 9 heteroatoms. The van der Waals surface area contributed by atoms with Gasteiger partial charge in [-0.3, -0.25) is 9.59 Å². The van der Waals surface area contributed by atoms with Crippen LogP contribution >= 0.6 is 0 Å². The molecule has 2 aromatic rings. The van der Waals surface area contributed by atoms with Crippen LogP contribution in [0.1, 0.15) is 57.1 Å². The Balaban J connectivity index is 1.45. The molecule has 0 radical (unpaired) electrons. The number of amides is 2. The van der Waals surface area contributed by atoms with Gasteiger partial charge in [0.1, 0.15) is 30.3 Å². The Morgan fingerprint density at radius 1 is 1.13 bits per heavy atom. The number of benzene rings is 2. The van der Waals surface area contributed by atoms with Crippen molar-refractivity contribution in [3.05, 3.63) is 71.3 Å². The topological polar surface area (TPSA) is 118 Å². The molecule has 9 nitrogen and oxygen atoms in total. The maximum Gasteiger partial charge on any atom is 0.249 e. The third-order valence-electron chi connectivity index (χ3n) is 9.72. The number of ether oxygens (including phenoxy) is 3. The van der Waals surface area contributed by atoms with Crippen molar-refractivity contribution < 1.29 is 34.0 Å². The molecule has 2 amide bonds. The second-order valence-electron chi connectivity index (χ2n) is 13.0. The third kappa shape index (κ3) is 7.37. The van der Waals surface area contributed by atoms with Crippen LogP contribution in [0.4, 0.5) is 0 Å². The van der Waals surface area contributed by atoms with Gasteiger partial charge < -0.3 is 34.6 Å². The fraction of sp³-hybridized carbons (Fsp3) is 0.556. The SMILES string of the molecule is COc1cccc(CCN(C(=O)COC2CC(C)CCC2C(C)C)C2C=C(C(=O)NCCO)C3c4ccccc4OC3C2O)c1. The van der Waals surface area contributed by atoms with E-state index < -0.39 is 24.2 Å². The highest BCUT2D eigenvalue weighted by Gasteiger charge is 2.50. The summed E-state index contributed by atoms with van der Waals surface area (Å²) in [5.74, 6) is 1.58. The van der Waals surface area contributed by atoms with Crippen LogP contribution in [0.5, 0.6) is 11.5 Å². The summed E-state index contributed by atoms with van der Waals surface area (Å²) in [5, 5.41) is 24.0. The summed E-state index contributed by atoms with van der Waals surface area (Å²) in [6.45, 7) is 6.72. The molecule has 244 valence electrons. The number of hydrogen-bond donors (Lipinski definition) is 3. The number of methoxy groups -OCH3 is 1. The van der Waals surface area contributed by atoms with Crippen molar-refractivity contribution in [1.82, 2.24) is 10.2 Å². The zero-order valence-corrected chi connectivity index (χ0v) is 26.9. The van der Waals surface area contributed by atoms with Gasteiger partial charge in [-0.25, -0.2) is 0 Å². The van der Waals surface area contributed by atoms with Crippen molar-refractivity contribution in [2.24, 2.45) is 17.8 Å². The summed E-state index contributed by atoms with van der Waals surface area (Å²) in [6, 6.07) is 14.3. The van der Waals surface area contributed by atoms with Gasteiger partial charge in [0.05, 0.1) is 31.8 Å². The average Bonchev–Trinajstić information content (AvgIpc) is 3.44. The zero-order valence-electron chi connectivity index (χ0n) is 26.9. The molecule has 3 aliphatic rings. The number of aliphatic hydroxyl groups excluding tert-OH is 2. The number of nitrogens with zero attached hydrogens (tertiary/aromatic N) is 1.